The summed E-state index contributed by atoms with van der Waals surface area (Å²) in [6.45, 7) is -1.35. The number of aryl methyl sites for hydroxylation is 1. The van der Waals surface area contributed by atoms with Crippen molar-refractivity contribution in [2.45, 2.75) is 43.7 Å². The molecule has 0 bridgehead atoms. The van der Waals surface area contributed by atoms with E-state index in [0.29, 0.717) is 10.9 Å². The summed E-state index contributed by atoms with van der Waals surface area (Å²) in [5.74, 6) is -0.00250. The van der Waals surface area contributed by atoms with Crippen molar-refractivity contribution < 1.29 is 22.4 Å². The van der Waals surface area contributed by atoms with E-state index in [0.717, 1.165) is 24.8 Å². The van der Waals surface area contributed by atoms with Gasteiger partial charge in [-0.3, -0.25) is 4.79 Å². The lowest BCUT2D eigenvalue weighted by molar-refractivity contribution is -0.138. The highest BCUT2D eigenvalue weighted by Gasteiger charge is 2.45. The topological polar surface area (TPSA) is 68.0 Å². The second-order valence-corrected chi connectivity index (χ2v) is 6.77. The molecule has 1 aromatic heterocycles. The van der Waals surface area contributed by atoms with Crippen LogP contribution in [0.2, 0.25) is 5.02 Å². The van der Waals surface area contributed by atoms with E-state index in [-0.39, 0.29) is 24.1 Å². The van der Waals surface area contributed by atoms with Crippen LogP contribution in [0.5, 0.6) is 0 Å². The summed E-state index contributed by atoms with van der Waals surface area (Å²) in [6, 6.07) is 7.46. The van der Waals surface area contributed by atoms with E-state index in [1.807, 2.05) is 17.4 Å². The zero-order valence-corrected chi connectivity index (χ0v) is 14.5. The number of benzene rings is 1. The van der Waals surface area contributed by atoms with E-state index in [4.69, 9.17) is 16.0 Å². The average molecular weight is 388 g/mol. The number of nitrogens with zero attached hydrogens (tertiary/aromatic N) is 2. The highest BCUT2D eigenvalue weighted by atomic mass is 35.5. The Morgan fingerprint density at radius 3 is 2.50 bits per heavy atom. The number of carbonyl (C=O) groups excluding carboxylic acids is 1. The predicted octanol–water partition coefficient (Wildman–Crippen LogP) is 3.80. The van der Waals surface area contributed by atoms with Crippen molar-refractivity contribution in [3.8, 4) is 0 Å². The van der Waals surface area contributed by atoms with E-state index >= 15 is 0 Å². The van der Waals surface area contributed by atoms with Gasteiger partial charge in [0.15, 0.2) is 0 Å². The summed E-state index contributed by atoms with van der Waals surface area (Å²) >= 11 is 5.94. The molecule has 1 aromatic carbocycles. The van der Waals surface area contributed by atoms with Crippen molar-refractivity contribution in [1.29, 1.82) is 0 Å². The molecule has 1 aliphatic rings. The number of halogens is 4. The molecule has 1 fully saturated rings. The number of alkyl halides is 3. The number of hydrogen-bond acceptors (Lipinski definition) is 4. The Bertz CT molecular complexity index is 770. The van der Waals surface area contributed by atoms with Crippen LogP contribution in [0.15, 0.2) is 28.7 Å². The summed E-state index contributed by atoms with van der Waals surface area (Å²) in [6.07, 6.45) is -1.73. The van der Waals surface area contributed by atoms with Crippen LogP contribution in [0.3, 0.4) is 0 Å². The normalized spacial score (nSPS) is 16.2. The Labute approximate surface area is 152 Å². The first-order chi connectivity index (χ1) is 12.3. The van der Waals surface area contributed by atoms with Crippen LogP contribution in [-0.4, -0.2) is 28.8 Å². The number of nitrogens with one attached hydrogen (secondary N) is 1. The van der Waals surface area contributed by atoms with Gasteiger partial charge in [0.2, 0.25) is 17.7 Å². The molecule has 3 rings (SSSR count). The molecule has 0 radical (unpaired) electrons. The molecule has 5 nitrogen and oxygen atoms in total. The van der Waals surface area contributed by atoms with Crippen LogP contribution in [0.25, 0.3) is 0 Å². The molecule has 1 amide bonds. The van der Waals surface area contributed by atoms with Crippen LogP contribution < -0.4 is 5.32 Å². The minimum absolute atomic E-state index is 0.0907. The number of amides is 1. The van der Waals surface area contributed by atoms with Gasteiger partial charge >= 0.3 is 6.18 Å². The molecule has 140 valence electrons. The SMILES string of the molecule is O=C(CCc1nnc(C2(c3ccc(Cl)cc3)CCC2)o1)NCC(F)(F)F. The van der Waals surface area contributed by atoms with Gasteiger partial charge in [-0.25, -0.2) is 0 Å². The van der Waals surface area contributed by atoms with Gasteiger partial charge in [0.1, 0.15) is 6.54 Å². The van der Waals surface area contributed by atoms with Crippen molar-refractivity contribution in [2.75, 3.05) is 6.54 Å². The smallest absolute Gasteiger partial charge is 0.405 e. The van der Waals surface area contributed by atoms with Gasteiger partial charge in [-0.05, 0) is 30.5 Å². The maximum absolute atomic E-state index is 12.1. The summed E-state index contributed by atoms with van der Waals surface area (Å²) in [4.78, 5) is 11.5. The molecule has 1 aliphatic carbocycles. The van der Waals surface area contributed by atoms with E-state index in [2.05, 4.69) is 10.2 Å². The van der Waals surface area contributed by atoms with Gasteiger partial charge in [0.25, 0.3) is 0 Å². The second kappa shape index (κ2) is 7.26. The molecule has 0 spiro atoms. The highest BCUT2D eigenvalue weighted by Crippen LogP contribution is 2.48. The fraction of sp³-hybridized carbons (Fsp3) is 0.471. The third-order valence-corrected chi connectivity index (χ3v) is 4.78. The van der Waals surface area contributed by atoms with Gasteiger partial charge in [0, 0.05) is 17.9 Å². The third-order valence-electron chi connectivity index (χ3n) is 4.53. The molecule has 1 heterocycles. The average Bonchev–Trinajstić information content (AvgIpc) is 3.00. The molecule has 0 aliphatic heterocycles. The van der Waals surface area contributed by atoms with Crippen molar-refractivity contribution in [3.05, 3.63) is 46.6 Å². The van der Waals surface area contributed by atoms with Crippen molar-refractivity contribution in [2.24, 2.45) is 0 Å². The molecule has 0 unspecified atom stereocenters. The van der Waals surface area contributed by atoms with Crippen LogP contribution in [0.4, 0.5) is 13.2 Å². The first-order valence-electron chi connectivity index (χ1n) is 8.21. The highest BCUT2D eigenvalue weighted by molar-refractivity contribution is 6.30. The number of aromatic nitrogens is 2. The molecule has 0 saturated heterocycles. The van der Waals surface area contributed by atoms with Crippen LogP contribution in [-0.2, 0) is 16.6 Å². The van der Waals surface area contributed by atoms with Gasteiger partial charge in [0.05, 0.1) is 5.41 Å². The first kappa shape index (κ1) is 18.7. The van der Waals surface area contributed by atoms with Crippen molar-refractivity contribution in [1.82, 2.24) is 15.5 Å². The van der Waals surface area contributed by atoms with Crippen LogP contribution in [0, 0.1) is 0 Å². The van der Waals surface area contributed by atoms with Crippen LogP contribution >= 0.6 is 11.6 Å². The van der Waals surface area contributed by atoms with E-state index < -0.39 is 18.6 Å². The fourth-order valence-electron chi connectivity index (χ4n) is 2.98. The lowest BCUT2D eigenvalue weighted by Gasteiger charge is -2.39. The minimum atomic E-state index is -4.43. The molecule has 2 aromatic rings. The third kappa shape index (κ3) is 4.17. The zero-order chi connectivity index (χ0) is 18.8. The molecule has 26 heavy (non-hydrogen) atoms. The Morgan fingerprint density at radius 2 is 1.92 bits per heavy atom. The van der Waals surface area contributed by atoms with E-state index in [1.54, 1.807) is 12.1 Å². The summed E-state index contributed by atoms with van der Waals surface area (Å²) in [5.41, 5.74) is 0.681. The molecular formula is C17H17ClF3N3O2. The maximum atomic E-state index is 12.1. The van der Waals surface area contributed by atoms with E-state index in [1.165, 1.54) is 0 Å². The Kier molecular flexibility index (Phi) is 5.22. The molecule has 0 atom stereocenters. The fourth-order valence-corrected chi connectivity index (χ4v) is 3.11. The van der Waals surface area contributed by atoms with Crippen molar-refractivity contribution in [3.63, 3.8) is 0 Å². The van der Waals surface area contributed by atoms with Crippen molar-refractivity contribution >= 4 is 17.5 Å². The van der Waals surface area contributed by atoms with Gasteiger partial charge in [-0.2, -0.15) is 13.2 Å². The maximum Gasteiger partial charge on any atom is 0.405 e. The molecule has 1 saturated carbocycles. The Balaban J connectivity index is 1.64. The molecular weight excluding hydrogens is 371 g/mol. The quantitative estimate of drug-likeness (QED) is 0.818. The Morgan fingerprint density at radius 1 is 1.23 bits per heavy atom. The first-order valence-corrected chi connectivity index (χ1v) is 8.59. The number of hydrogen-bond donors (Lipinski definition) is 1. The monoisotopic (exact) mass is 387 g/mol. The Hall–Kier alpha value is -2.09. The lowest BCUT2D eigenvalue weighted by atomic mass is 9.64. The standard InChI is InChI=1S/C17H17ClF3N3O2/c18-12-4-2-11(3-5-12)16(8-1-9-16)15-24-23-14(26-15)7-6-13(25)22-10-17(19,20)21/h2-5H,1,6-10H2,(H,22,25). The van der Waals surface area contributed by atoms with Gasteiger partial charge < -0.3 is 9.73 Å². The second-order valence-electron chi connectivity index (χ2n) is 6.34. The zero-order valence-electron chi connectivity index (χ0n) is 13.8. The molecule has 9 heteroatoms. The van der Waals surface area contributed by atoms with Gasteiger partial charge in [-0.1, -0.05) is 30.2 Å². The number of rotatable bonds is 6. The summed E-state index contributed by atoms with van der Waals surface area (Å²) in [5, 5.41) is 10.5. The summed E-state index contributed by atoms with van der Waals surface area (Å²) < 4.78 is 42.0. The predicted molar refractivity (Wildman–Crippen MR) is 87.8 cm³/mol. The number of carbonyl (C=O) groups is 1. The largest absolute Gasteiger partial charge is 0.424 e. The van der Waals surface area contributed by atoms with E-state index in [9.17, 15) is 18.0 Å². The lowest BCUT2D eigenvalue weighted by Crippen LogP contribution is -2.35. The minimum Gasteiger partial charge on any atom is -0.424 e. The molecule has 1 N–H and O–H groups in total. The van der Waals surface area contributed by atoms with Crippen LogP contribution in [0.1, 0.15) is 43.0 Å². The summed E-state index contributed by atoms with van der Waals surface area (Å²) in [7, 11) is 0. The van der Waals surface area contributed by atoms with Gasteiger partial charge in [-0.15, -0.1) is 10.2 Å².